The summed E-state index contributed by atoms with van der Waals surface area (Å²) < 4.78 is 58.3. The van der Waals surface area contributed by atoms with Crippen molar-refractivity contribution < 1.29 is 21.6 Å². The first-order valence-corrected chi connectivity index (χ1v) is 11.1. The third-order valence-electron chi connectivity index (χ3n) is 4.29. The van der Waals surface area contributed by atoms with Gasteiger partial charge in [0.2, 0.25) is 20.0 Å². The summed E-state index contributed by atoms with van der Waals surface area (Å²) in [6, 6.07) is -0.324. The molecule has 2 fully saturated rings. The monoisotopic (exact) mass is 354 g/mol. The van der Waals surface area contributed by atoms with Crippen molar-refractivity contribution in [2.24, 2.45) is 0 Å². The van der Waals surface area contributed by atoms with Crippen molar-refractivity contribution in [2.45, 2.75) is 50.3 Å². The molecule has 2 saturated heterocycles. The minimum atomic E-state index is -3.39. The molecule has 2 aliphatic heterocycles. The van der Waals surface area contributed by atoms with Gasteiger partial charge in [-0.3, -0.25) is 0 Å². The Hall–Kier alpha value is -0.220. The van der Waals surface area contributed by atoms with Crippen molar-refractivity contribution >= 4 is 20.0 Å². The van der Waals surface area contributed by atoms with Crippen molar-refractivity contribution in [3.8, 4) is 0 Å². The quantitative estimate of drug-likeness (QED) is 0.766. The Balaban J connectivity index is 2.04. The molecule has 0 aromatic carbocycles. The summed E-state index contributed by atoms with van der Waals surface area (Å²) in [6.45, 7) is 3.38. The van der Waals surface area contributed by atoms with E-state index >= 15 is 0 Å². The Bertz CT molecular complexity index is 553. The van der Waals surface area contributed by atoms with Crippen molar-refractivity contribution in [1.29, 1.82) is 0 Å². The van der Waals surface area contributed by atoms with Gasteiger partial charge in [0.15, 0.2) is 0 Å². The Morgan fingerprint density at radius 3 is 2.59 bits per heavy atom. The van der Waals surface area contributed by atoms with E-state index < -0.39 is 25.3 Å². The van der Waals surface area contributed by atoms with Gasteiger partial charge in [-0.2, -0.15) is 0 Å². The van der Waals surface area contributed by atoms with E-state index in [2.05, 4.69) is 4.72 Å². The first-order chi connectivity index (χ1) is 10.3. The third kappa shape index (κ3) is 4.64. The fraction of sp³-hybridized carbons (Fsp3) is 1.00. The number of piperidine rings is 1. The predicted molar refractivity (Wildman–Crippen MR) is 84.6 cm³/mol. The summed E-state index contributed by atoms with van der Waals surface area (Å²) in [5.74, 6) is 0.0101. The number of ether oxygens (including phenoxy) is 1. The average Bonchev–Trinajstić information content (AvgIpc) is 2.76. The van der Waals surface area contributed by atoms with Gasteiger partial charge in [-0.25, -0.2) is 25.9 Å². The van der Waals surface area contributed by atoms with Crippen LogP contribution in [0.3, 0.4) is 0 Å². The van der Waals surface area contributed by atoms with Crippen molar-refractivity contribution in [3.05, 3.63) is 0 Å². The number of nitrogens with zero attached hydrogens (tertiary/aromatic N) is 1. The summed E-state index contributed by atoms with van der Waals surface area (Å²) in [6.07, 6.45) is 3.25. The Labute approximate surface area is 133 Å². The van der Waals surface area contributed by atoms with E-state index in [1.807, 2.05) is 0 Å². The molecule has 9 heteroatoms. The normalized spacial score (nSPS) is 29.1. The molecule has 7 nitrogen and oxygen atoms in total. The lowest BCUT2D eigenvalue weighted by atomic mass is 10.1. The lowest BCUT2D eigenvalue weighted by Gasteiger charge is -2.34. The summed E-state index contributed by atoms with van der Waals surface area (Å²) in [4.78, 5) is 0. The lowest BCUT2D eigenvalue weighted by molar-refractivity contribution is 0.144. The molecule has 2 heterocycles. The van der Waals surface area contributed by atoms with Crippen molar-refractivity contribution in [2.75, 3.05) is 32.1 Å². The van der Waals surface area contributed by atoms with Gasteiger partial charge < -0.3 is 4.74 Å². The highest BCUT2D eigenvalue weighted by atomic mass is 32.2. The molecular formula is C13H26N2O5S2. The largest absolute Gasteiger partial charge is 0.381 e. The lowest BCUT2D eigenvalue weighted by Crippen LogP contribution is -2.51. The fourth-order valence-electron chi connectivity index (χ4n) is 2.99. The van der Waals surface area contributed by atoms with E-state index in [1.54, 1.807) is 6.92 Å². The second-order valence-electron chi connectivity index (χ2n) is 5.93. The smallest absolute Gasteiger partial charge is 0.217 e. The number of sulfonamides is 2. The van der Waals surface area contributed by atoms with Crippen LogP contribution < -0.4 is 4.72 Å². The molecular weight excluding hydrogens is 328 g/mol. The van der Waals surface area contributed by atoms with E-state index in [0.29, 0.717) is 45.4 Å². The standard InChI is InChI=1S/C13H26N2O5S2/c1-2-21(16,17)14-12-5-3-8-15(11-12)22(18,19)13-6-4-9-20-10-7-13/h12-14H,2-11H2,1H3. The van der Waals surface area contributed by atoms with Crippen LogP contribution in [0.15, 0.2) is 0 Å². The molecule has 0 aliphatic carbocycles. The first-order valence-electron chi connectivity index (χ1n) is 7.92. The summed E-state index contributed by atoms with van der Waals surface area (Å²) >= 11 is 0. The van der Waals surface area contributed by atoms with E-state index in [9.17, 15) is 16.8 Å². The molecule has 0 bridgehead atoms. The van der Waals surface area contributed by atoms with Gasteiger partial charge in [-0.1, -0.05) is 0 Å². The van der Waals surface area contributed by atoms with E-state index in [0.717, 1.165) is 6.42 Å². The van der Waals surface area contributed by atoms with Gasteiger partial charge in [0.05, 0.1) is 11.0 Å². The maximum absolute atomic E-state index is 12.8. The predicted octanol–water partition coefficient (Wildman–Crippen LogP) is 0.289. The van der Waals surface area contributed by atoms with Crippen LogP contribution in [0, 0.1) is 0 Å². The SMILES string of the molecule is CCS(=O)(=O)NC1CCCN(S(=O)(=O)C2CCCOCC2)C1. The number of nitrogens with one attached hydrogen (secondary N) is 1. The molecule has 0 radical (unpaired) electrons. The zero-order valence-electron chi connectivity index (χ0n) is 13.0. The number of rotatable bonds is 5. The Kier molecular flexibility index (Phi) is 6.23. The van der Waals surface area contributed by atoms with Gasteiger partial charge in [0.1, 0.15) is 0 Å². The molecule has 0 amide bonds. The van der Waals surface area contributed by atoms with Gasteiger partial charge >= 0.3 is 0 Å². The highest BCUT2D eigenvalue weighted by molar-refractivity contribution is 7.90. The minimum absolute atomic E-state index is 0.0101. The third-order valence-corrected chi connectivity index (χ3v) is 8.11. The molecule has 0 saturated carbocycles. The molecule has 2 aliphatic rings. The van der Waals surface area contributed by atoms with Crippen LogP contribution in [-0.2, 0) is 24.8 Å². The topological polar surface area (TPSA) is 92.8 Å². The maximum Gasteiger partial charge on any atom is 0.217 e. The summed E-state index contributed by atoms with van der Waals surface area (Å²) in [5.41, 5.74) is 0. The molecule has 1 N–H and O–H groups in total. The highest BCUT2D eigenvalue weighted by Gasteiger charge is 2.36. The van der Waals surface area contributed by atoms with Crippen molar-refractivity contribution in [3.63, 3.8) is 0 Å². The highest BCUT2D eigenvalue weighted by Crippen LogP contribution is 2.23. The van der Waals surface area contributed by atoms with Gasteiger partial charge in [0, 0.05) is 32.3 Å². The van der Waals surface area contributed by atoms with Crippen LogP contribution in [0.1, 0.15) is 39.0 Å². The summed E-state index contributed by atoms with van der Waals surface area (Å²) in [5, 5.41) is -0.406. The van der Waals surface area contributed by atoms with Gasteiger partial charge in [-0.05, 0) is 39.0 Å². The van der Waals surface area contributed by atoms with Crippen LogP contribution in [0.25, 0.3) is 0 Å². The van der Waals surface area contributed by atoms with Gasteiger partial charge in [0.25, 0.3) is 0 Å². The molecule has 2 unspecified atom stereocenters. The molecule has 0 spiro atoms. The molecule has 22 heavy (non-hydrogen) atoms. The van der Waals surface area contributed by atoms with Crippen LogP contribution >= 0.6 is 0 Å². The molecule has 130 valence electrons. The fourth-order valence-corrected chi connectivity index (χ4v) is 5.91. The zero-order valence-corrected chi connectivity index (χ0v) is 14.7. The van der Waals surface area contributed by atoms with Crippen molar-refractivity contribution in [1.82, 2.24) is 9.03 Å². The van der Waals surface area contributed by atoms with Crippen LogP contribution in [0.4, 0.5) is 0 Å². The molecule has 2 atom stereocenters. The maximum atomic E-state index is 12.8. The minimum Gasteiger partial charge on any atom is -0.381 e. The molecule has 0 aromatic heterocycles. The van der Waals surface area contributed by atoms with Crippen LogP contribution in [-0.4, -0.2) is 64.5 Å². The average molecular weight is 354 g/mol. The van der Waals surface area contributed by atoms with E-state index in [4.69, 9.17) is 4.74 Å². The van der Waals surface area contributed by atoms with Gasteiger partial charge in [-0.15, -0.1) is 0 Å². The first kappa shape index (κ1) is 18.1. The number of hydrogen-bond donors (Lipinski definition) is 1. The Morgan fingerprint density at radius 1 is 1.09 bits per heavy atom. The van der Waals surface area contributed by atoms with E-state index in [1.165, 1.54) is 4.31 Å². The zero-order chi connectivity index (χ0) is 16.2. The second-order valence-corrected chi connectivity index (χ2v) is 10.2. The van der Waals surface area contributed by atoms with Crippen LogP contribution in [0.5, 0.6) is 0 Å². The number of hydrogen-bond acceptors (Lipinski definition) is 5. The van der Waals surface area contributed by atoms with E-state index in [-0.39, 0.29) is 18.3 Å². The summed E-state index contributed by atoms with van der Waals surface area (Å²) in [7, 11) is -6.70. The van der Waals surface area contributed by atoms with Crippen LogP contribution in [0.2, 0.25) is 0 Å². The molecule has 0 aromatic rings. The second kappa shape index (κ2) is 7.57. The molecule has 2 rings (SSSR count). The Morgan fingerprint density at radius 2 is 1.86 bits per heavy atom.